The van der Waals surface area contributed by atoms with E-state index in [2.05, 4.69) is 15.0 Å². The lowest BCUT2D eigenvalue weighted by Gasteiger charge is -2.16. The van der Waals surface area contributed by atoms with Gasteiger partial charge < -0.3 is 25.1 Å². The summed E-state index contributed by atoms with van der Waals surface area (Å²) in [5, 5.41) is 20.5. The zero-order valence-corrected chi connectivity index (χ0v) is 22.0. The lowest BCUT2D eigenvalue weighted by atomic mass is 10.1. The van der Waals surface area contributed by atoms with Crippen molar-refractivity contribution in [2.75, 3.05) is 11.9 Å². The number of anilines is 1. The number of carbonyl (C=O) groups is 4. The first-order chi connectivity index (χ1) is 19.1. The molecule has 1 amide bonds. The molecule has 4 N–H and O–H groups in total. The number of halogens is 3. The van der Waals surface area contributed by atoms with Crippen molar-refractivity contribution in [1.29, 1.82) is 0 Å². The number of aldehydes is 1. The maximum atomic E-state index is 12.9. The maximum absolute atomic E-state index is 12.9. The Morgan fingerprint density at radius 2 is 1.76 bits per heavy atom. The van der Waals surface area contributed by atoms with Crippen molar-refractivity contribution in [3.05, 3.63) is 60.4 Å². The van der Waals surface area contributed by atoms with E-state index >= 15 is 0 Å². The molecule has 0 fully saturated rings. The monoisotopic (exact) mass is 599 g/mol. The van der Waals surface area contributed by atoms with Crippen molar-refractivity contribution in [2.24, 2.45) is 0 Å². The van der Waals surface area contributed by atoms with Crippen LogP contribution in [0.4, 0.5) is 18.9 Å². The van der Waals surface area contributed by atoms with E-state index in [0.717, 1.165) is 16.3 Å². The molecule has 0 radical (unpaired) electrons. The number of amides is 1. The number of alkyl halides is 3. The highest BCUT2D eigenvalue weighted by Crippen LogP contribution is 2.28. The van der Waals surface area contributed by atoms with Crippen LogP contribution in [0.25, 0.3) is 10.8 Å². The van der Waals surface area contributed by atoms with Crippen LogP contribution in [0.3, 0.4) is 0 Å². The molecule has 0 aliphatic heterocycles. The Kier molecular flexibility index (Phi) is 11.3. The number of hydrogen-bond donors (Lipinski definition) is 4. The normalized spacial score (nSPS) is 12.0. The van der Waals surface area contributed by atoms with Gasteiger partial charge in [-0.05, 0) is 23.1 Å². The van der Waals surface area contributed by atoms with Gasteiger partial charge in [-0.2, -0.15) is 13.2 Å². The number of nitrogens with zero attached hydrogens (tertiary/aromatic N) is 1. The number of carbonyl (C=O) groups excluding carboxylic acids is 2. The van der Waals surface area contributed by atoms with Crippen molar-refractivity contribution in [2.45, 2.75) is 36.9 Å². The number of rotatable bonds is 11. The summed E-state index contributed by atoms with van der Waals surface area (Å²) in [6.45, 7) is 1.40. The number of carboxylic acid groups (broad SMARTS) is 2. The first kappa shape index (κ1) is 32.6. The smallest absolute Gasteiger partial charge is 0.490 e. The summed E-state index contributed by atoms with van der Waals surface area (Å²) in [6, 6.07) is 10.2. The standard InChI is InChI=1S/C23H23N3O7S.C2HF3O2/c1-15(28)25-18-6-7-22(34(31,32)26-19(14-27)11-23(29)30)21(10-18)33-9-8-17-13-24-12-16-4-2-3-5-20(16)17;3-2(4,5)1(6)7/h2-7,10,12-14,19,26H,8-9,11H2,1H3,(H,25,28)(H,29,30);(H,6,7). The van der Waals surface area contributed by atoms with Crippen LogP contribution < -0.4 is 14.8 Å². The zero-order valence-electron chi connectivity index (χ0n) is 21.2. The number of pyridine rings is 1. The van der Waals surface area contributed by atoms with Gasteiger partial charge in [0.05, 0.1) is 19.1 Å². The SMILES string of the molecule is CC(=O)Nc1ccc(S(=O)(=O)NC(C=O)CC(=O)O)c(OCCc2cncc3ccccc23)c1.O=C(O)C(F)(F)F. The molecule has 1 atom stereocenters. The van der Waals surface area contributed by atoms with Gasteiger partial charge in [0.2, 0.25) is 15.9 Å². The summed E-state index contributed by atoms with van der Waals surface area (Å²) in [5.41, 5.74) is 1.21. The molecule has 1 unspecified atom stereocenters. The minimum Gasteiger partial charge on any atom is -0.492 e. The Labute approximate surface area is 231 Å². The minimum atomic E-state index is -5.08. The molecule has 220 valence electrons. The van der Waals surface area contributed by atoms with Crippen LogP contribution in [0.5, 0.6) is 5.75 Å². The number of nitrogens with one attached hydrogen (secondary N) is 2. The second-order valence-corrected chi connectivity index (χ2v) is 9.91. The van der Waals surface area contributed by atoms with Gasteiger partial charge >= 0.3 is 18.1 Å². The van der Waals surface area contributed by atoms with Crippen molar-refractivity contribution < 1.29 is 55.7 Å². The molecule has 0 aliphatic carbocycles. The minimum absolute atomic E-state index is 0.0630. The summed E-state index contributed by atoms with van der Waals surface area (Å²) < 4.78 is 65.4. The number of fused-ring (bicyclic) bond motifs is 1. The third-order valence-corrected chi connectivity index (χ3v) is 6.57. The first-order valence-electron chi connectivity index (χ1n) is 11.5. The van der Waals surface area contributed by atoms with E-state index in [9.17, 15) is 36.0 Å². The second kappa shape index (κ2) is 14.2. The van der Waals surface area contributed by atoms with Gasteiger partial charge in [-0.3, -0.25) is 14.6 Å². The number of aliphatic carboxylic acids is 2. The Bertz CT molecular complexity index is 1520. The molecule has 3 rings (SSSR count). The van der Waals surface area contributed by atoms with Gasteiger partial charge in [-0.15, -0.1) is 0 Å². The molecular formula is C25H24F3N3O9S. The highest BCUT2D eigenvalue weighted by atomic mass is 32.2. The average Bonchev–Trinajstić information content (AvgIpc) is 2.87. The number of benzene rings is 2. The van der Waals surface area contributed by atoms with Crippen LogP contribution >= 0.6 is 0 Å². The maximum Gasteiger partial charge on any atom is 0.490 e. The molecule has 1 aromatic heterocycles. The predicted molar refractivity (Wildman–Crippen MR) is 138 cm³/mol. The van der Waals surface area contributed by atoms with Crippen LogP contribution in [-0.2, 0) is 35.6 Å². The van der Waals surface area contributed by atoms with Crippen LogP contribution in [-0.4, -0.2) is 66.6 Å². The van der Waals surface area contributed by atoms with Gasteiger partial charge in [-0.1, -0.05) is 24.3 Å². The Balaban J connectivity index is 0.000000745. The third kappa shape index (κ3) is 10.2. The van der Waals surface area contributed by atoms with E-state index in [4.69, 9.17) is 19.7 Å². The van der Waals surface area contributed by atoms with Crippen LogP contribution in [0.15, 0.2) is 59.8 Å². The molecule has 1 heterocycles. The molecule has 16 heteroatoms. The summed E-state index contributed by atoms with van der Waals surface area (Å²) in [5.74, 6) is -4.51. The molecule has 0 aliphatic rings. The molecule has 0 saturated carbocycles. The number of ether oxygens (including phenoxy) is 1. The fourth-order valence-corrected chi connectivity index (χ4v) is 4.64. The van der Waals surface area contributed by atoms with Crippen molar-refractivity contribution in [3.8, 4) is 5.75 Å². The number of sulfonamides is 1. The Morgan fingerprint density at radius 1 is 1.10 bits per heavy atom. The fraction of sp³-hybridized carbons (Fsp3) is 0.240. The number of aromatic nitrogens is 1. The number of carboxylic acids is 2. The fourth-order valence-electron chi connectivity index (χ4n) is 3.34. The molecule has 2 aromatic carbocycles. The van der Waals surface area contributed by atoms with E-state index in [1.54, 1.807) is 12.4 Å². The molecule has 41 heavy (non-hydrogen) atoms. The summed E-state index contributed by atoms with van der Waals surface area (Å²) in [4.78, 5) is 46.3. The van der Waals surface area contributed by atoms with E-state index in [1.807, 2.05) is 24.3 Å². The first-order valence-corrected chi connectivity index (χ1v) is 13.0. The van der Waals surface area contributed by atoms with Crippen molar-refractivity contribution in [3.63, 3.8) is 0 Å². The third-order valence-electron chi connectivity index (χ3n) is 5.04. The lowest BCUT2D eigenvalue weighted by molar-refractivity contribution is -0.192. The van der Waals surface area contributed by atoms with E-state index in [0.29, 0.717) is 12.1 Å². The van der Waals surface area contributed by atoms with Gasteiger partial charge in [-0.25, -0.2) is 17.9 Å². The second-order valence-electron chi connectivity index (χ2n) is 8.23. The summed E-state index contributed by atoms with van der Waals surface area (Å²) >= 11 is 0. The molecule has 0 spiro atoms. The van der Waals surface area contributed by atoms with Gasteiger partial charge in [0, 0.05) is 42.9 Å². The van der Waals surface area contributed by atoms with Crippen molar-refractivity contribution >= 4 is 50.6 Å². The van der Waals surface area contributed by atoms with E-state index < -0.39 is 40.6 Å². The van der Waals surface area contributed by atoms with Crippen LogP contribution in [0.2, 0.25) is 0 Å². The molecule has 0 saturated heterocycles. The van der Waals surface area contributed by atoms with E-state index in [1.165, 1.54) is 25.1 Å². The lowest BCUT2D eigenvalue weighted by Crippen LogP contribution is -2.37. The quantitative estimate of drug-likeness (QED) is 0.239. The van der Waals surface area contributed by atoms with Gasteiger partial charge in [0.1, 0.15) is 16.9 Å². The van der Waals surface area contributed by atoms with Crippen LogP contribution in [0, 0.1) is 0 Å². The summed E-state index contributed by atoms with van der Waals surface area (Å²) in [6.07, 6.45) is -1.71. The van der Waals surface area contributed by atoms with E-state index in [-0.39, 0.29) is 29.4 Å². The highest BCUT2D eigenvalue weighted by molar-refractivity contribution is 7.89. The van der Waals surface area contributed by atoms with Gasteiger partial charge in [0.25, 0.3) is 0 Å². The molecule has 3 aromatic rings. The average molecular weight is 600 g/mol. The predicted octanol–water partition coefficient (Wildman–Crippen LogP) is 2.77. The zero-order chi connectivity index (χ0) is 30.8. The van der Waals surface area contributed by atoms with Gasteiger partial charge in [0.15, 0.2) is 0 Å². The highest BCUT2D eigenvalue weighted by Gasteiger charge is 2.38. The largest absolute Gasteiger partial charge is 0.492 e. The van der Waals surface area contributed by atoms with Crippen molar-refractivity contribution in [1.82, 2.24) is 9.71 Å². The summed E-state index contributed by atoms with van der Waals surface area (Å²) in [7, 11) is -4.32. The molecule has 0 bridgehead atoms. The number of hydrogen-bond acceptors (Lipinski definition) is 8. The Morgan fingerprint density at radius 3 is 2.34 bits per heavy atom. The van der Waals surface area contributed by atoms with Crippen LogP contribution in [0.1, 0.15) is 18.9 Å². The Hall–Kier alpha value is -4.57. The molecular weight excluding hydrogens is 575 g/mol. The topological polar surface area (TPSA) is 189 Å². The molecule has 12 nitrogen and oxygen atoms in total.